The first-order valence-electron chi connectivity index (χ1n) is 5.20. The molecule has 0 bridgehead atoms. The lowest BCUT2D eigenvalue weighted by atomic mass is 10.3. The molecule has 0 saturated heterocycles. The molecule has 0 amide bonds. The number of guanidine groups is 1. The number of hydrogen-bond donors (Lipinski definition) is 2. The molecule has 0 radical (unpaired) electrons. The van der Waals surface area contributed by atoms with Gasteiger partial charge in [0.05, 0.1) is 0 Å². The molecule has 5 nitrogen and oxygen atoms in total. The molecule has 0 aliphatic heterocycles. The van der Waals surface area contributed by atoms with Crippen molar-refractivity contribution in [2.24, 2.45) is 10.7 Å². The highest BCUT2D eigenvalue weighted by Gasteiger charge is 1.96. The van der Waals surface area contributed by atoms with Crippen molar-refractivity contribution in [1.82, 2.24) is 9.97 Å². The van der Waals surface area contributed by atoms with Gasteiger partial charge < -0.3 is 11.1 Å². The lowest BCUT2D eigenvalue weighted by Crippen LogP contribution is -2.21. The van der Waals surface area contributed by atoms with Crippen LogP contribution in [0.1, 0.15) is 5.82 Å². The van der Waals surface area contributed by atoms with Crippen LogP contribution in [0, 0.1) is 6.92 Å². The Morgan fingerprint density at radius 2 is 2.00 bits per heavy atom. The molecule has 0 aliphatic rings. The number of aryl methyl sites for hydroxylation is 1. The SMILES string of the molecule is Cc1nccc(N=C(N)Nc2ccccc2)n1. The number of para-hydroxylation sites is 1. The third-order valence-electron chi connectivity index (χ3n) is 2.04. The molecule has 0 unspecified atom stereocenters. The third-order valence-corrected chi connectivity index (χ3v) is 2.04. The lowest BCUT2D eigenvalue weighted by molar-refractivity contribution is 1.05. The maximum Gasteiger partial charge on any atom is 0.199 e. The Balaban J connectivity index is 2.12. The van der Waals surface area contributed by atoms with Crippen molar-refractivity contribution >= 4 is 17.5 Å². The summed E-state index contributed by atoms with van der Waals surface area (Å²) in [4.78, 5) is 12.3. The second-order valence-electron chi connectivity index (χ2n) is 3.45. The monoisotopic (exact) mass is 227 g/mol. The van der Waals surface area contributed by atoms with Gasteiger partial charge in [0.15, 0.2) is 11.8 Å². The first-order chi connectivity index (χ1) is 8.24. The predicted molar refractivity (Wildman–Crippen MR) is 68.1 cm³/mol. The van der Waals surface area contributed by atoms with E-state index in [1.54, 1.807) is 19.2 Å². The molecular formula is C12H13N5. The molecule has 86 valence electrons. The van der Waals surface area contributed by atoms with Gasteiger partial charge in [-0.3, -0.25) is 0 Å². The summed E-state index contributed by atoms with van der Waals surface area (Å²) in [7, 11) is 0. The summed E-state index contributed by atoms with van der Waals surface area (Å²) in [6, 6.07) is 11.3. The largest absolute Gasteiger partial charge is 0.369 e. The maximum absolute atomic E-state index is 5.77. The van der Waals surface area contributed by atoms with Crippen molar-refractivity contribution in [3.63, 3.8) is 0 Å². The molecule has 2 aromatic rings. The molecule has 0 atom stereocenters. The van der Waals surface area contributed by atoms with Crippen LogP contribution in [0.2, 0.25) is 0 Å². The van der Waals surface area contributed by atoms with Gasteiger partial charge in [-0.1, -0.05) is 18.2 Å². The topological polar surface area (TPSA) is 76.2 Å². The van der Waals surface area contributed by atoms with Gasteiger partial charge >= 0.3 is 0 Å². The summed E-state index contributed by atoms with van der Waals surface area (Å²) in [5, 5.41) is 2.98. The van der Waals surface area contributed by atoms with Gasteiger partial charge in [-0.05, 0) is 19.1 Å². The van der Waals surface area contributed by atoms with Gasteiger partial charge in [-0.15, -0.1) is 0 Å². The van der Waals surface area contributed by atoms with Crippen molar-refractivity contribution in [2.45, 2.75) is 6.92 Å². The zero-order chi connectivity index (χ0) is 12.1. The summed E-state index contributed by atoms with van der Waals surface area (Å²) in [6.45, 7) is 1.81. The molecule has 0 saturated carbocycles. The van der Waals surface area contributed by atoms with Gasteiger partial charge in [-0.2, -0.15) is 4.99 Å². The fraction of sp³-hybridized carbons (Fsp3) is 0.0833. The minimum Gasteiger partial charge on any atom is -0.369 e. The fourth-order valence-electron chi connectivity index (χ4n) is 1.33. The van der Waals surface area contributed by atoms with E-state index in [2.05, 4.69) is 20.3 Å². The fourth-order valence-corrected chi connectivity index (χ4v) is 1.33. The van der Waals surface area contributed by atoms with E-state index in [4.69, 9.17) is 5.73 Å². The quantitative estimate of drug-likeness (QED) is 0.606. The van der Waals surface area contributed by atoms with Crippen LogP contribution in [0.15, 0.2) is 47.6 Å². The van der Waals surface area contributed by atoms with E-state index >= 15 is 0 Å². The van der Waals surface area contributed by atoms with Gasteiger partial charge in [-0.25, -0.2) is 9.97 Å². The Hall–Kier alpha value is -2.43. The maximum atomic E-state index is 5.77. The van der Waals surface area contributed by atoms with Gasteiger partial charge in [0, 0.05) is 18.0 Å². The van der Waals surface area contributed by atoms with Crippen molar-refractivity contribution in [1.29, 1.82) is 0 Å². The number of hydrogen-bond acceptors (Lipinski definition) is 3. The smallest absolute Gasteiger partial charge is 0.199 e. The first-order valence-corrected chi connectivity index (χ1v) is 5.20. The number of benzene rings is 1. The molecule has 0 fully saturated rings. The highest BCUT2D eigenvalue weighted by atomic mass is 15.1. The Morgan fingerprint density at radius 3 is 2.71 bits per heavy atom. The average Bonchev–Trinajstić information content (AvgIpc) is 2.30. The number of nitrogens with one attached hydrogen (secondary N) is 1. The van der Waals surface area contributed by atoms with Crippen LogP contribution >= 0.6 is 0 Å². The molecule has 1 heterocycles. The van der Waals surface area contributed by atoms with Crippen LogP contribution < -0.4 is 11.1 Å². The molecule has 2 rings (SSSR count). The van der Waals surface area contributed by atoms with E-state index in [-0.39, 0.29) is 0 Å². The summed E-state index contributed by atoms with van der Waals surface area (Å²) >= 11 is 0. The van der Waals surface area contributed by atoms with Crippen LogP contribution in [0.4, 0.5) is 11.5 Å². The number of rotatable bonds is 2. The van der Waals surface area contributed by atoms with Crippen LogP contribution in [-0.2, 0) is 0 Å². The highest BCUT2D eigenvalue weighted by molar-refractivity contribution is 5.93. The average molecular weight is 227 g/mol. The number of aromatic nitrogens is 2. The molecule has 0 aliphatic carbocycles. The minimum absolute atomic E-state index is 0.300. The summed E-state index contributed by atoms with van der Waals surface area (Å²) in [5.41, 5.74) is 6.65. The van der Waals surface area contributed by atoms with Gasteiger partial charge in [0.2, 0.25) is 0 Å². The number of aliphatic imine (C=N–C) groups is 1. The molecule has 5 heteroatoms. The zero-order valence-corrected chi connectivity index (χ0v) is 9.46. The molecule has 0 spiro atoms. The molecule has 1 aromatic heterocycles. The van der Waals surface area contributed by atoms with Gasteiger partial charge in [0.1, 0.15) is 5.82 Å². The van der Waals surface area contributed by atoms with Crippen LogP contribution in [0.5, 0.6) is 0 Å². The Bertz CT molecular complexity index is 521. The number of anilines is 1. The summed E-state index contributed by atoms with van der Waals surface area (Å²) in [5.74, 6) is 1.51. The van der Waals surface area contributed by atoms with E-state index in [0.29, 0.717) is 17.6 Å². The van der Waals surface area contributed by atoms with Gasteiger partial charge in [0.25, 0.3) is 0 Å². The normalized spacial score (nSPS) is 11.2. The molecule has 17 heavy (non-hydrogen) atoms. The number of nitrogens with zero attached hydrogens (tertiary/aromatic N) is 3. The first kappa shape index (κ1) is 11.1. The highest BCUT2D eigenvalue weighted by Crippen LogP contribution is 2.08. The summed E-state index contributed by atoms with van der Waals surface area (Å²) < 4.78 is 0. The zero-order valence-electron chi connectivity index (χ0n) is 9.46. The number of nitrogens with two attached hydrogens (primary N) is 1. The lowest BCUT2D eigenvalue weighted by Gasteiger charge is -2.04. The Morgan fingerprint density at radius 1 is 1.24 bits per heavy atom. The molecule has 3 N–H and O–H groups in total. The van der Waals surface area contributed by atoms with Crippen LogP contribution in [0.3, 0.4) is 0 Å². The van der Waals surface area contributed by atoms with Crippen LogP contribution in [0.25, 0.3) is 0 Å². The predicted octanol–water partition coefficient (Wildman–Crippen LogP) is 1.84. The van der Waals surface area contributed by atoms with E-state index < -0.39 is 0 Å². The second-order valence-corrected chi connectivity index (χ2v) is 3.45. The second kappa shape index (κ2) is 5.07. The molecule has 1 aromatic carbocycles. The third kappa shape index (κ3) is 3.27. The minimum atomic E-state index is 0.300. The standard InChI is InChI=1S/C12H13N5/c1-9-14-8-7-11(15-9)17-12(13)16-10-5-3-2-4-6-10/h2-8H,1H3,(H3,13,14,15,16,17). The van der Waals surface area contributed by atoms with Crippen LogP contribution in [-0.4, -0.2) is 15.9 Å². The van der Waals surface area contributed by atoms with E-state index in [9.17, 15) is 0 Å². The van der Waals surface area contributed by atoms with Crippen molar-refractivity contribution in [2.75, 3.05) is 5.32 Å². The molecular weight excluding hydrogens is 214 g/mol. The Labute approximate surface area is 99.4 Å². The van der Waals surface area contributed by atoms with Crippen molar-refractivity contribution < 1.29 is 0 Å². The van der Waals surface area contributed by atoms with Crippen molar-refractivity contribution in [3.05, 3.63) is 48.4 Å². The summed E-state index contributed by atoms with van der Waals surface area (Å²) in [6.07, 6.45) is 1.65. The van der Waals surface area contributed by atoms with E-state index in [1.807, 2.05) is 30.3 Å². The van der Waals surface area contributed by atoms with E-state index in [1.165, 1.54) is 0 Å². The van der Waals surface area contributed by atoms with Crippen molar-refractivity contribution in [3.8, 4) is 0 Å². The Kier molecular flexibility index (Phi) is 3.30. The van der Waals surface area contributed by atoms with E-state index in [0.717, 1.165) is 5.69 Å².